The third-order valence-corrected chi connectivity index (χ3v) is 3.58. The van der Waals surface area contributed by atoms with Crippen molar-refractivity contribution in [2.24, 2.45) is 0 Å². The van der Waals surface area contributed by atoms with Crippen LogP contribution in [0.1, 0.15) is 24.7 Å². The van der Waals surface area contributed by atoms with E-state index < -0.39 is 10.8 Å². The number of hydrogen-bond donors (Lipinski definition) is 0. The van der Waals surface area contributed by atoms with Gasteiger partial charge in [-0.3, -0.25) is 4.21 Å². The summed E-state index contributed by atoms with van der Waals surface area (Å²) in [6.07, 6.45) is 0. The average Bonchev–Trinajstić information content (AvgIpc) is 2.17. The van der Waals surface area contributed by atoms with Crippen molar-refractivity contribution in [3.05, 3.63) is 35.9 Å². The third-order valence-electron chi connectivity index (χ3n) is 1.95. The Balaban J connectivity index is 2.78. The summed E-state index contributed by atoms with van der Waals surface area (Å²) in [5.41, 5.74) is 1.16. The molecule has 0 aliphatic heterocycles. The first kappa shape index (κ1) is 9.46. The summed E-state index contributed by atoms with van der Waals surface area (Å²) in [6, 6.07) is 10.00. The van der Waals surface area contributed by atoms with Gasteiger partial charge in [0.15, 0.2) is 0 Å². The second-order valence-electron chi connectivity index (χ2n) is 2.72. The molecule has 0 aliphatic carbocycles. The fourth-order valence-electron chi connectivity index (χ4n) is 1.13. The highest BCUT2D eigenvalue weighted by Gasteiger charge is 2.09. The molecule has 1 aromatic rings. The number of hydrogen-bond acceptors (Lipinski definition) is 1. The van der Waals surface area contributed by atoms with Gasteiger partial charge in [0.05, 0.1) is 5.25 Å². The lowest BCUT2D eigenvalue weighted by Crippen LogP contribution is -2.03. The molecule has 66 valence electrons. The van der Waals surface area contributed by atoms with Gasteiger partial charge in [-0.2, -0.15) is 0 Å². The van der Waals surface area contributed by atoms with E-state index in [1.807, 2.05) is 44.2 Å². The fourth-order valence-corrected chi connectivity index (χ4v) is 2.09. The largest absolute Gasteiger partial charge is 0.259 e. The van der Waals surface area contributed by atoms with Crippen LogP contribution < -0.4 is 0 Å². The van der Waals surface area contributed by atoms with E-state index in [0.29, 0.717) is 0 Å². The topological polar surface area (TPSA) is 17.1 Å². The minimum Gasteiger partial charge on any atom is -0.259 e. The van der Waals surface area contributed by atoms with Crippen LogP contribution in [0.2, 0.25) is 0 Å². The van der Waals surface area contributed by atoms with Gasteiger partial charge >= 0.3 is 0 Å². The van der Waals surface area contributed by atoms with Crippen LogP contribution in [-0.2, 0) is 10.8 Å². The molecule has 0 heterocycles. The van der Waals surface area contributed by atoms with E-state index in [2.05, 4.69) is 0 Å². The van der Waals surface area contributed by atoms with Gasteiger partial charge in [0, 0.05) is 16.6 Å². The van der Waals surface area contributed by atoms with Gasteiger partial charge in [-0.1, -0.05) is 37.3 Å². The summed E-state index contributed by atoms with van der Waals surface area (Å²) in [7, 11) is -0.723. The minimum absolute atomic E-state index is 0.163. The Morgan fingerprint density at radius 1 is 1.33 bits per heavy atom. The molecule has 0 fully saturated rings. The molecule has 1 rings (SSSR count). The van der Waals surface area contributed by atoms with Gasteiger partial charge < -0.3 is 0 Å². The van der Waals surface area contributed by atoms with E-state index in [4.69, 9.17) is 0 Å². The van der Waals surface area contributed by atoms with Crippen molar-refractivity contribution in [3.63, 3.8) is 0 Å². The normalized spacial score (nSPS) is 15.5. The molecular weight excluding hydrogens is 168 g/mol. The molecule has 0 saturated heterocycles. The molecule has 0 N–H and O–H groups in total. The molecule has 1 nitrogen and oxygen atoms in total. The molecule has 0 aliphatic rings. The van der Waals surface area contributed by atoms with Crippen molar-refractivity contribution in [1.82, 2.24) is 0 Å². The van der Waals surface area contributed by atoms with Gasteiger partial charge in [-0.15, -0.1) is 0 Å². The quantitative estimate of drug-likeness (QED) is 0.702. The van der Waals surface area contributed by atoms with Crippen molar-refractivity contribution < 1.29 is 4.21 Å². The van der Waals surface area contributed by atoms with Gasteiger partial charge in [0.25, 0.3) is 0 Å². The van der Waals surface area contributed by atoms with Crippen LogP contribution in [0.15, 0.2) is 30.3 Å². The van der Waals surface area contributed by atoms with E-state index in [0.717, 1.165) is 11.3 Å². The van der Waals surface area contributed by atoms with Crippen LogP contribution in [0, 0.1) is 0 Å². The van der Waals surface area contributed by atoms with Crippen molar-refractivity contribution in [2.75, 3.05) is 5.75 Å². The minimum atomic E-state index is -0.723. The van der Waals surface area contributed by atoms with Gasteiger partial charge in [-0.25, -0.2) is 0 Å². The van der Waals surface area contributed by atoms with Crippen LogP contribution in [0.25, 0.3) is 0 Å². The Morgan fingerprint density at radius 2 is 1.92 bits per heavy atom. The molecule has 0 bridgehead atoms. The molecule has 2 heteroatoms. The molecule has 12 heavy (non-hydrogen) atoms. The number of benzene rings is 1. The number of rotatable bonds is 3. The standard InChI is InChI=1S/C10H14OS/c1-3-12(11)9(2)10-7-5-4-6-8-10/h4-9H,3H2,1-2H3/t9-,12?/m0/s1. The summed E-state index contributed by atoms with van der Waals surface area (Å²) in [4.78, 5) is 0. The van der Waals surface area contributed by atoms with Crippen LogP contribution in [0.4, 0.5) is 0 Å². The molecule has 0 radical (unpaired) electrons. The summed E-state index contributed by atoms with van der Waals surface area (Å²) < 4.78 is 11.4. The highest BCUT2D eigenvalue weighted by atomic mass is 32.2. The molecule has 0 aromatic heterocycles. The molecule has 0 spiro atoms. The molecule has 0 saturated carbocycles. The predicted octanol–water partition coefficient (Wildman–Crippen LogP) is 2.52. The Kier molecular flexibility index (Phi) is 3.48. The molecular formula is C10H14OS. The maximum Gasteiger partial charge on any atom is 0.0568 e. The highest BCUT2D eigenvalue weighted by Crippen LogP contribution is 2.18. The van der Waals surface area contributed by atoms with E-state index >= 15 is 0 Å². The SMILES string of the molecule is CCS(=O)[C@@H](C)c1ccccc1. The Hall–Kier alpha value is -0.630. The summed E-state index contributed by atoms with van der Waals surface area (Å²) in [5.74, 6) is 0.732. The lowest BCUT2D eigenvalue weighted by atomic mass is 10.2. The van der Waals surface area contributed by atoms with Gasteiger partial charge in [0.2, 0.25) is 0 Å². The zero-order valence-corrected chi connectivity index (χ0v) is 8.30. The zero-order chi connectivity index (χ0) is 8.97. The van der Waals surface area contributed by atoms with E-state index in [9.17, 15) is 4.21 Å². The molecule has 0 amide bonds. The second-order valence-corrected chi connectivity index (χ2v) is 4.77. The molecule has 2 atom stereocenters. The van der Waals surface area contributed by atoms with Crippen molar-refractivity contribution >= 4 is 10.8 Å². The summed E-state index contributed by atoms with van der Waals surface area (Å²) in [5, 5.41) is 0.163. The summed E-state index contributed by atoms with van der Waals surface area (Å²) >= 11 is 0. The highest BCUT2D eigenvalue weighted by molar-refractivity contribution is 7.85. The van der Waals surface area contributed by atoms with E-state index in [1.165, 1.54) is 0 Å². The Labute approximate surface area is 76.3 Å². The average molecular weight is 182 g/mol. The van der Waals surface area contributed by atoms with Crippen molar-refractivity contribution in [1.29, 1.82) is 0 Å². The third kappa shape index (κ3) is 2.18. The monoisotopic (exact) mass is 182 g/mol. The van der Waals surface area contributed by atoms with E-state index in [1.54, 1.807) is 0 Å². The Morgan fingerprint density at radius 3 is 2.42 bits per heavy atom. The smallest absolute Gasteiger partial charge is 0.0568 e. The summed E-state index contributed by atoms with van der Waals surface area (Å²) in [6.45, 7) is 3.96. The van der Waals surface area contributed by atoms with Crippen molar-refractivity contribution in [3.8, 4) is 0 Å². The predicted molar refractivity (Wildman–Crippen MR) is 53.5 cm³/mol. The lowest BCUT2D eigenvalue weighted by Gasteiger charge is -2.09. The lowest BCUT2D eigenvalue weighted by molar-refractivity contribution is 0.677. The fraction of sp³-hybridized carbons (Fsp3) is 0.400. The maximum absolute atomic E-state index is 11.4. The van der Waals surface area contributed by atoms with Crippen molar-refractivity contribution in [2.45, 2.75) is 19.1 Å². The molecule has 1 aromatic carbocycles. The first-order valence-corrected chi connectivity index (χ1v) is 5.56. The van der Waals surface area contributed by atoms with Crippen LogP contribution in [-0.4, -0.2) is 9.96 Å². The maximum atomic E-state index is 11.4. The first-order valence-electron chi connectivity index (χ1n) is 4.17. The van der Waals surface area contributed by atoms with Gasteiger partial charge in [-0.05, 0) is 12.5 Å². The van der Waals surface area contributed by atoms with Gasteiger partial charge in [0.1, 0.15) is 0 Å². The van der Waals surface area contributed by atoms with Crippen LogP contribution >= 0.6 is 0 Å². The molecule has 1 unspecified atom stereocenters. The van der Waals surface area contributed by atoms with E-state index in [-0.39, 0.29) is 5.25 Å². The second kappa shape index (κ2) is 4.41. The first-order chi connectivity index (χ1) is 5.75. The van der Waals surface area contributed by atoms with Crippen LogP contribution in [0.5, 0.6) is 0 Å². The van der Waals surface area contributed by atoms with Crippen LogP contribution in [0.3, 0.4) is 0 Å². The Bertz CT molecular complexity index is 256. The zero-order valence-electron chi connectivity index (χ0n) is 7.49.